The van der Waals surface area contributed by atoms with E-state index in [1.807, 2.05) is 30.3 Å². The topological polar surface area (TPSA) is 46.6 Å². The van der Waals surface area contributed by atoms with Crippen LogP contribution in [0.4, 0.5) is 4.79 Å². The van der Waals surface area contributed by atoms with Gasteiger partial charge in [0.25, 0.3) is 11.1 Å². The molecular formula is C28H28ClNO3S. The predicted molar refractivity (Wildman–Crippen MR) is 136 cm³/mol. The molecule has 1 aliphatic heterocycles. The first kappa shape index (κ1) is 22.2. The van der Waals surface area contributed by atoms with E-state index in [1.165, 1.54) is 49.0 Å². The van der Waals surface area contributed by atoms with Gasteiger partial charge in [-0.2, -0.15) is 0 Å². The number of nitrogens with zero attached hydrogens (tertiary/aromatic N) is 1. The molecule has 7 rings (SSSR count). The molecule has 0 N–H and O–H groups in total. The summed E-state index contributed by atoms with van der Waals surface area (Å²) in [5.41, 5.74) is 3.26. The van der Waals surface area contributed by atoms with Crippen molar-refractivity contribution in [2.45, 2.75) is 50.5 Å². The van der Waals surface area contributed by atoms with Gasteiger partial charge in [0.05, 0.1) is 18.6 Å². The number of carbonyl (C=O) groups is 2. The number of methoxy groups -OCH3 is 1. The summed E-state index contributed by atoms with van der Waals surface area (Å²) < 4.78 is 5.65. The van der Waals surface area contributed by atoms with Crippen LogP contribution < -0.4 is 4.74 Å². The van der Waals surface area contributed by atoms with Crippen LogP contribution in [-0.4, -0.2) is 23.2 Å². The predicted octanol–water partition coefficient (Wildman–Crippen LogP) is 7.05. The van der Waals surface area contributed by atoms with Gasteiger partial charge in [0.2, 0.25) is 0 Å². The Morgan fingerprint density at radius 2 is 1.74 bits per heavy atom. The number of rotatable bonds is 5. The van der Waals surface area contributed by atoms with E-state index in [-0.39, 0.29) is 23.1 Å². The van der Waals surface area contributed by atoms with E-state index < -0.39 is 0 Å². The second-order valence-electron chi connectivity index (χ2n) is 10.5. The van der Waals surface area contributed by atoms with Gasteiger partial charge < -0.3 is 4.74 Å². The van der Waals surface area contributed by atoms with E-state index in [0.29, 0.717) is 9.93 Å². The number of imide groups is 1. The van der Waals surface area contributed by atoms with Crippen molar-refractivity contribution in [1.29, 1.82) is 0 Å². The van der Waals surface area contributed by atoms with Crippen LogP contribution in [0.25, 0.3) is 6.08 Å². The lowest BCUT2D eigenvalue weighted by Crippen LogP contribution is -2.48. The third-order valence-corrected chi connectivity index (χ3v) is 9.60. The zero-order chi connectivity index (χ0) is 23.4. The van der Waals surface area contributed by atoms with Gasteiger partial charge in [0.1, 0.15) is 5.75 Å². The van der Waals surface area contributed by atoms with Crippen LogP contribution in [0.1, 0.15) is 55.2 Å². The molecule has 0 unspecified atom stereocenters. The third-order valence-electron chi connectivity index (χ3n) is 8.33. The molecule has 0 aromatic heterocycles. The van der Waals surface area contributed by atoms with Crippen LogP contribution in [0.15, 0.2) is 47.4 Å². The van der Waals surface area contributed by atoms with Gasteiger partial charge >= 0.3 is 0 Å². The molecule has 5 fully saturated rings. The Kier molecular flexibility index (Phi) is 5.53. The minimum Gasteiger partial charge on any atom is -0.496 e. The van der Waals surface area contributed by atoms with Crippen molar-refractivity contribution in [3.63, 3.8) is 0 Å². The Morgan fingerprint density at radius 3 is 2.38 bits per heavy atom. The highest BCUT2D eigenvalue weighted by atomic mass is 35.5. The van der Waals surface area contributed by atoms with Crippen LogP contribution >= 0.6 is 23.4 Å². The van der Waals surface area contributed by atoms with Crippen molar-refractivity contribution in [2.24, 2.45) is 17.8 Å². The molecule has 4 saturated carbocycles. The van der Waals surface area contributed by atoms with E-state index in [1.54, 1.807) is 13.2 Å². The highest BCUT2D eigenvalue weighted by molar-refractivity contribution is 8.18. The zero-order valence-electron chi connectivity index (χ0n) is 19.3. The molecule has 0 radical (unpaired) electrons. The summed E-state index contributed by atoms with van der Waals surface area (Å²) in [6, 6.07) is 13.8. The van der Waals surface area contributed by atoms with Crippen molar-refractivity contribution >= 4 is 40.6 Å². The van der Waals surface area contributed by atoms with Gasteiger partial charge in [-0.05, 0) is 109 Å². The number of hydrogen-bond donors (Lipinski definition) is 0. The number of amides is 2. The number of thioether (sulfide) groups is 1. The maximum atomic E-state index is 13.2. The average Bonchev–Trinajstić information content (AvgIpc) is 3.07. The first-order valence-electron chi connectivity index (χ1n) is 12.1. The summed E-state index contributed by atoms with van der Waals surface area (Å²) in [4.78, 5) is 27.6. The van der Waals surface area contributed by atoms with E-state index in [4.69, 9.17) is 16.3 Å². The fourth-order valence-electron chi connectivity index (χ4n) is 7.22. The van der Waals surface area contributed by atoms with Gasteiger partial charge in [0, 0.05) is 10.6 Å². The van der Waals surface area contributed by atoms with E-state index >= 15 is 0 Å². The molecule has 4 aliphatic carbocycles. The molecule has 5 aliphatic rings. The standard InChI is InChI=1S/C28H28ClNO3S/c1-33-24-7-6-22(28-13-17-8-18(14-28)10-19(9-17)15-28)11-21(24)12-25-26(31)30(27(32)34-25)16-20-4-2-3-5-23(20)29/h2-7,11-12,17-19H,8-10,13-16H2,1H3/b25-12+. The summed E-state index contributed by atoms with van der Waals surface area (Å²) in [5, 5.41) is 0.280. The Labute approximate surface area is 209 Å². The molecule has 4 bridgehead atoms. The largest absolute Gasteiger partial charge is 0.496 e. The van der Waals surface area contributed by atoms with Crippen LogP contribution in [0.2, 0.25) is 5.02 Å². The summed E-state index contributed by atoms with van der Waals surface area (Å²) in [6.45, 7) is 0.173. The van der Waals surface area contributed by atoms with Crippen molar-refractivity contribution in [3.8, 4) is 5.75 Å². The van der Waals surface area contributed by atoms with Gasteiger partial charge in [-0.15, -0.1) is 0 Å². The lowest BCUT2D eigenvalue weighted by molar-refractivity contribution is -0.123. The van der Waals surface area contributed by atoms with Gasteiger partial charge in [-0.1, -0.05) is 35.9 Å². The minimum absolute atomic E-state index is 0.173. The fourth-order valence-corrected chi connectivity index (χ4v) is 8.24. The molecule has 176 valence electrons. The first-order valence-corrected chi connectivity index (χ1v) is 13.3. The zero-order valence-corrected chi connectivity index (χ0v) is 20.8. The summed E-state index contributed by atoms with van der Waals surface area (Å²) in [6.07, 6.45) is 9.88. The van der Waals surface area contributed by atoms with E-state index in [2.05, 4.69) is 12.1 Å². The van der Waals surface area contributed by atoms with Crippen molar-refractivity contribution in [1.82, 2.24) is 4.90 Å². The Hall–Kier alpha value is -2.24. The third kappa shape index (κ3) is 3.77. The molecule has 4 nitrogen and oxygen atoms in total. The first-order chi connectivity index (χ1) is 16.4. The van der Waals surface area contributed by atoms with Crippen LogP contribution in [-0.2, 0) is 16.8 Å². The van der Waals surface area contributed by atoms with Gasteiger partial charge in [-0.3, -0.25) is 14.5 Å². The minimum atomic E-state index is -0.280. The Morgan fingerprint density at radius 1 is 1.06 bits per heavy atom. The van der Waals surface area contributed by atoms with E-state index in [0.717, 1.165) is 46.4 Å². The van der Waals surface area contributed by atoms with Gasteiger partial charge in [-0.25, -0.2) is 0 Å². The van der Waals surface area contributed by atoms with E-state index in [9.17, 15) is 9.59 Å². The quantitative estimate of drug-likeness (QED) is 0.418. The summed E-state index contributed by atoms with van der Waals surface area (Å²) >= 11 is 7.25. The molecule has 34 heavy (non-hydrogen) atoms. The number of halogens is 1. The Balaban J connectivity index is 1.31. The molecular weight excluding hydrogens is 466 g/mol. The fraction of sp³-hybridized carbons (Fsp3) is 0.429. The SMILES string of the molecule is COc1ccc(C23CC4CC(CC(C4)C2)C3)cc1/C=C1/SC(=O)N(Cc2ccccc2Cl)C1=O. The Bertz CT molecular complexity index is 1170. The summed E-state index contributed by atoms with van der Waals surface area (Å²) in [7, 11) is 1.65. The summed E-state index contributed by atoms with van der Waals surface area (Å²) in [5.74, 6) is 3.03. The molecule has 6 heteroatoms. The number of benzene rings is 2. The molecule has 2 aromatic carbocycles. The number of hydrogen-bond acceptors (Lipinski definition) is 4. The molecule has 2 aromatic rings. The molecule has 0 atom stereocenters. The number of ether oxygens (including phenoxy) is 1. The second kappa shape index (κ2) is 8.46. The molecule has 0 spiro atoms. The monoisotopic (exact) mass is 493 g/mol. The maximum absolute atomic E-state index is 13.2. The van der Waals surface area contributed by atoms with Crippen LogP contribution in [0, 0.1) is 17.8 Å². The molecule has 1 saturated heterocycles. The highest BCUT2D eigenvalue weighted by Crippen LogP contribution is 2.61. The smallest absolute Gasteiger partial charge is 0.293 e. The van der Waals surface area contributed by atoms with Crippen molar-refractivity contribution in [2.75, 3.05) is 7.11 Å². The lowest BCUT2D eigenvalue weighted by atomic mass is 9.48. The second-order valence-corrected chi connectivity index (χ2v) is 11.9. The van der Waals surface area contributed by atoms with Crippen molar-refractivity contribution < 1.29 is 14.3 Å². The average molecular weight is 494 g/mol. The van der Waals surface area contributed by atoms with Crippen molar-refractivity contribution in [3.05, 3.63) is 69.1 Å². The molecule has 2 amide bonds. The highest BCUT2D eigenvalue weighted by Gasteiger charge is 2.51. The van der Waals surface area contributed by atoms with Crippen LogP contribution in [0.5, 0.6) is 5.75 Å². The maximum Gasteiger partial charge on any atom is 0.293 e. The van der Waals surface area contributed by atoms with Crippen LogP contribution in [0.3, 0.4) is 0 Å². The normalized spacial score (nSPS) is 31.1. The lowest BCUT2D eigenvalue weighted by Gasteiger charge is -2.57. The molecule has 1 heterocycles. The van der Waals surface area contributed by atoms with Gasteiger partial charge in [0.15, 0.2) is 0 Å². The number of carbonyl (C=O) groups excluding carboxylic acids is 2.